The quantitative estimate of drug-likeness (QED) is 0.424. The molecule has 1 heterocycles. The van der Waals surface area contributed by atoms with Gasteiger partial charge in [-0.1, -0.05) is 41.6 Å². The minimum absolute atomic E-state index is 0.0487. The largest absolute Gasteiger partial charge is 0.378 e. The lowest BCUT2D eigenvalue weighted by Crippen LogP contribution is -2.30. The SMILES string of the molecule is Cc1ccc(S(=O)(=O)Oc2ccccc2C=N/N=C2/NC(=O)C(C)(C)S2)cc1Cl. The number of halogens is 1. The Bertz CT molecular complexity index is 1130. The predicted octanol–water partition coefficient (Wildman–Crippen LogP) is 3.75. The Morgan fingerprint density at radius 1 is 1.21 bits per heavy atom. The summed E-state index contributed by atoms with van der Waals surface area (Å²) in [6, 6.07) is 10.9. The van der Waals surface area contributed by atoms with E-state index in [2.05, 4.69) is 15.5 Å². The van der Waals surface area contributed by atoms with Gasteiger partial charge in [0.2, 0.25) is 5.91 Å². The van der Waals surface area contributed by atoms with Crippen molar-refractivity contribution in [1.82, 2.24) is 5.32 Å². The van der Waals surface area contributed by atoms with Gasteiger partial charge in [-0.2, -0.15) is 13.5 Å². The Kier molecular flexibility index (Phi) is 6.02. The molecule has 2 aromatic carbocycles. The van der Waals surface area contributed by atoms with Gasteiger partial charge in [-0.3, -0.25) is 4.79 Å². The van der Waals surface area contributed by atoms with Crippen molar-refractivity contribution in [1.29, 1.82) is 0 Å². The van der Waals surface area contributed by atoms with Crippen LogP contribution in [0.15, 0.2) is 57.6 Å². The number of thioether (sulfide) groups is 1. The molecule has 1 aliphatic heterocycles. The fourth-order valence-electron chi connectivity index (χ4n) is 2.31. The summed E-state index contributed by atoms with van der Waals surface area (Å²) in [6.45, 7) is 5.34. The maximum Gasteiger partial charge on any atom is 0.339 e. The number of amidine groups is 1. The van der Waals surface area contributed by atoms with Gasteiger partial charge in [-0.25, -0.2) is 0 Å². The van der Waals surface area contributed by atoms with Crippen molar-refractivity contribution in [2.24, 2.45) is 10.2 Å². The van der Waals surface area contributed by atoms with Crippen molar-refractivity contribution in [2.45, 2.75) is 30.4 Å². The Morgan fingerprint density at radius 3 is 2.59 bits per heavy atom. The summed E-state index contributed by atoms with van der Waals surface area (Å²) in [5.41, 5.74) is 1.17. The summed E-state index contributed by atoms with van der Waals surface area (Å²) >= 11 is 7.29. The van der Waals surface area contributed by atoms with E-state index in [1.54, 1.807) is 45.0 Å². The highest BCUT2D eigenvalue weighted by Gasteiger charge is 2.38. The molecule has 1 N–H and O–H groups in total. The number of nitrogens with one attached hydrogen (secondary N) is 1. The van der Waals surface area contributed by atoms with Crippen molar-refractivity contribution < 1.29 is 17.4 Å². The third kappa shape index (κ3) is 4.98. The van der Waals surface area contributed by atoms with Gasteiger partial charge in [0.15, 0.2) is 10.9 Å². The topological polar surface area (TPSA) is 97.2 Å². The van der Waals surface area contributed by atoms with Crippen LogP contribution in [0.3, 0.4) is 0 Å². The van der Waals surface area contributed by atoms with Gasteiger partial charge in [0.25, 0.3) is 0 Å². The zero-order valence-electron chi connectivity index (χ0n) is 15.8. The second-order valence-electron chi connectivity index (χ2n) is 6.70. The number of carbonyl (C=O) groups excluding carboxylic acids is 1. The molecule has 2 aromatic rings. The minimum atomic E-state index is -4.08. The summed E-state index contributed by atoms with van der Waals surface area (Å²) in [5.74, 6) is -0.0559. The number of rotatable bonds is 5. The first-order valence-electron chi connectivity index (χ1n) is 8.50. The molecule has 0 spiro atoms. The Hall–Kier alpha value is -2.36. The summed E-state index contributed by atoms with van der Waals surface area (Å²) < 4.78 is 29.9. The summed E-state index contributed by atoms with van der Waals surface area (Å²) in [6.07, 6.45) is 1.36. The average molecular weight is 452 g/mol. The molecular formula is C19H18ClN3O4S2. The molecule has 0 aliphatic carbocycles. The van der Waals surface area contributed by atoms with Crippen LogP contribution >= 0.6 is 23.4 Å². The van der Waals surface area contributed by atoms with E-state index < -0.39 is 14.9 Å². The lowest BCUT2D eigenvalue weighted by atomic mass is 10.2. The van der Waals surface area contributed by atoms with E-state index in [0.717, 1.165) is 5.56 Å². The van der Waals surface area contributed by atoms with Gasteiger partial charge in [-0.15, -0.1) is 5.10 Å². The normalized spacial score (nSPS) is 17.7. The molecule has 152 valence electrons. The van der Waals surface area contributed by atoms with Crippen LogP contribution in [0.1, 0.15) is 25.0 Å². The van der Waals surface area contributed by atoms with E-state index in [-0.39, 0.29) is 16.6 Å². The molecule has 1 amide bonds. The molecule has 0 atom stereocenters. The van der Waals surface area contributed by atoms with Gasteiger partial charge in [0.05, 0.1) is 11.0 Å². The fraction of sp³-hybridized carbons (Fsp3) is 0.211. The lowest BCUT2D eigenvalue weighted by Gasteiger charge is -2.10. The van der Waals surface area contributed by atoms with E-state index in [4.69, 9.17) is 15.8 Å². The number of hydrogen-bond acceptors (Lipinski definition) is 7. The molecule has 1 saturated heterocycles. The van der Waals surface area contributed by atoms with Crippen molar-refractivity contribution in [3.63, 3.8) is 0 Å². The second-order valence-corrected chi connectivity index (χ2v) is 10.3. The number of para-hydroxylation sites is 1. The molecule has 0 aromatic heterocycles. The molecule has 0 bridgehead atoms. The van der Waals surface area contributed by atoms with Crippen LogP contribution in [0.4, 0.5) is 0 Å². The van der Waals surface area contributed by atoms with Crippen LogP contribution in [0.25, 0.3) is 0 Å². The third-order valence-electron chi connectivity index (χ3n) is 4.01. The molecule has 1 fully saturated rings. The highest BCUT2D eigenvalue weighted by atomic mass is 35.5. The lowest BCUT2D eigenvalue weighted by molar-refractivity contribution is -0.120. The number of amides is 1. The van der Waals surface area contributed by atoms with Crippen LogP contribution in [-0.2, 0) is 14.9 Å². The molecule has 7 nitrogen and oxygen atoms in total. The van der Waals surface area contributed by atoms with Crippen LogP contribution in [0.5, 0.6) is 5.75 Å². The van der Waals surface area contributed by atoms with E-state index in [1.807, 2.05) is 0 Å². The van der Waals surface area contributed by atoms with E-state index in [9.17, 15) is 13.2 Å². The molecule has 0 radical (unpaired) electrons. The number of aryl methyl sites for hydroxylation is 1. The highest BCUT2D eigenvalue weighted by molar-refractivity contribution is 8.16. The highest BCUT2D eigenvalue weighted by Crippen LogP contribution is 2.30. The van der Waals surface area contributed by atoms with Crippen LogP contribution in [0, 0.1) is 6.92 Å². The summed E-state index contributed by atoms with van der Waals surface area (Å²) in [5, 5.41) is 11.3. The third-order valence-corrected chi connectivity index (χ3v) is 6.73. The van der Waals surface area contributed by atoms with Crippen molar-refractivity contribution in [2.75, 3.05) is 0 Å². The average Bonchev–Trinajstić information content (AvgIpc) is 2.90. The monoisotopic (exact) mass is 451 g/mol. The molecular weight excluding hydrogens is 434 g/mol. The number of carbonyl (C=O) groups is 1. The second kappa shape index (κ2) is 8.17. The van der Waals surface area contributed by atoms with Gasteiger partial charge in [0, 0.05) is 10.6 Å². The van der Waals surface area contributed by atoms with Crippen molar-refractivity contribution >= 4 is 50.8 Å². The number of nitrogens with zero attached hydrogens (tertiary/aromatic N) is 2. The Balaban J connectivity index is 1.82. The van der Waals surface area contributed by atoms with Gasteiger partial charge >= 0.3 is 10.1 Å². The van der Waals surface area contributed by atoms with Crippen molar-refractivity contribution in [3.8, 4) is 5.75 Å². The van der Waals surface area contributed by atoms with Gasteiger partial charge < -0.3 is 9.50 Å². The maximum atomic E-state index is 12.6. The molecule has 10 heteroatoms. The molecule has 3 rings (SSSR count). The number of hydrogen-bond donors (Lipinski definition) is 1. The zero-order chi connectivity index (χ0) is 21.2. The zero-order valence-corrected chi connectivity index (χ0v) is 18.2. The summed E-state index contributed by atoms with van der Waals surface area (Å²) in [4.78, 5) is 11.7. The van der Waals surface area contributed by atoms with E-state index in [0.29, 0.717) is 15.8 Å². The first-order chi connectivity index (χ1) is 13.6. The standard InChI is InChI=1S/C19H18ClN3O4S2/c1-12-8-9-14(10-15(12)20)29(25,26)27-16-7-5-4-6-13(16)11-21-23-18-22-17(24)19(2,3)28-18/h4-11H,1-3H3,(H,22,23,24). The number of benzene rings is 2. The molecule has 0 saturated carbocycles. The van der Waals surface area contributed by atoms with Crippen LogP contribution in [-0.4, -0.2) is 30.5 Å². The first kappa shape index (κ1) is 21.4. The summed E-state index contributed by atoms with van der Waals surface area (Å²) in [7, 11) is -4.08. The minimum Gasteiger partial charge on any atom is -0.378 e. The first-order valence-corrected chi connectivity index (χ1v) is 11.1. The molecule has 29 heavy (non-hydrogen) atoms. The fourth-order valence-corrected chi connectivity index (χ4v) is 4.39. The van der Waals surface area contributed by atoms with E-state index >= 15 is 0 Å². The predicted molar refractivity (Wildman–Crippen MR) is 115 cm³/mol. The van der Waals surface area contributed by atoms with Gasteiger partial charge in [0.1, 0.15) is 4.90 Å². The maximum absolute atomic E-state index is 12.6. The van der Waals surface area contributed by atoms with Gasteiger partial charge in [-0.05, 0) is 50.6 Å². The Labute approximate surface area is 178 Å². The smallest absolute Gasteiger partial charge is 0.339 e. The van der Waals surface area contributed by atoms with Crippen molar-refractivity contribution in [3.05, 3.63) is 58.6 Å². The van der Waals surface area contributed by atoms with Crippen LogP contribution < -0.4 is 9.50 Å². The van der Waals surface area contributed by atoms with Crippen LogP contribution in [0.2, 0.25) is 5.02 Å². The van der Waals surface area contributed by atoms with E-state index in [1.165, 1.54) is 36.2 Å². The Morgan fingerprint density at radius 2 is 1.93 bits per heavy atom. The molecule has 0 unspecified atom stereocenters. The molecule has 1 aliphatic rings.